The van der Waals surface area contributed by atoms with E-state index in [4.69, 9.17) is 24.4 Å². The Kier molecular flexibility index (Phi) is 6.97. The van der Waals surface area contributed by atoms with Gasteiger partial charge in [-0.1, -0.05) is 158 Å². The lowest BCUT2D eigenvalue weighted by Crippen LogP contribution is -2.00. The molecular weight excluding hydrogens is 681 g/mol. The molecule has 5 nitrogen and oxygen atoms in total. The van der Waals surface area contributed by atoms with Gasteiger partial charge in [0.25, 0.3) is 0 Å². The number of para-hydroxylation sites is 2. The molecule has 6 heteroatoms. The normalized spacial score (nSPS) is 11.7. The Hall–Kier alpha value is -7.02. The molecule has 0 N–H and O–H groups in total. The van der Waals surface area contributed by atoms with Gasteiger partial charge in [0.2, 0.25) is 0 Å². The monoisotopic (exact) mass is 708 g/mol. The Labute approximate surface area is 313 Å². The summed E-state index contributed by atoms with van der Waals surface area (Å²) in [5.41, 5.74) is 8.63. The summed E-state index contributed by atoms with van der Waals surface area (Å²) in [5, 5.41) is 7.05. The quantitative estimate of drug-likeness (QED) is 0.178. The fourth-order valence-corrected chi connectivity index (χ4v) is 8.66. The lowest BCUT2D eigenvalue weighted by molar-refractivity contribution is 0.670. The van der Waals surface area contributed by atoms with Crippen LogP contribution in [0.2, 0.25) is 0 Å². The van der Waals surface area contributed by atoms with E-state index in [1.165, 1.54) is 20.9 Å². The van der Waals surface area contributed by atoms with Gasteiger partial charge in [0, 0.05) is 59.4 Å². The zero-order valence-corrected chi connectivity index (χ0v) is 29.6. The van der Waals surface area contributed by atoms with E-state index < -0.39 is 0 Å². The van der Waals surface area contributed by atoms with E-state index in [2.05, 4.69) is 121 Å². The molecule has 0 atom stereocenters. The maximum Gasteiger partial charge on any atom is 0.164 e. The first-order chi connectivity index (χ1) is 26.7. The minimum Gasteiger partial charge on any atom is -0.455 e. The van der Waals surface area contributed by atoms with Crippen molar-refractivity contribution in [2.45, 2.75) is 0 Å². The third-order valence-electron chi connectivity index (χ3n) is 10.2. The van der Waals surface area contributed by atoms with Crippen molar-refractivity contribution in [3.63, 3.8) is 0 Å². The molecule has 0 aliphatic rings. The van der Waals surface area contributed by atoms with Crippen molar-refractivity contribution in [2.75, 3.05) is 0 Å². The Morgan fingerprint density at radius 2 is 0.907 bits per heavy atom. The van der Waals surface area contributed by atoms with E-state index >= 15 is 0 Å². The number of benzene rings is 7. The molecule has 0 bridgehead atoms. The fraction of sp³-hybridized carbons (Fsp3) is 0. The fourth-order valence-electron chi connectivity index (χ4n) is 7.56. The predicted molar refractivity (Wildman–Crippen MR) is 222 cm³/mol. The highest BCUT2D eigenvalue weighted by atomic mass is 32.1. The third-order valence-corrected chi connectivity index (χ3v) is 11.2. The molecule has 4 aromatic heterocycles. The number of rotatable bonds is 5. The molecule has 4 heterocycles. The average Bonchev–Trinajstić information content (AvgIpc) is 3.82. The van der Waals surface area contributed by atoms with Gasteiger partial charge in [-0.2, -0.15) is 0 Å². The number of aromatic nitrogens is 4. The molecule has 0 saturated carbocycles. The Morgan fingerprint density at radius 1 is 0.370 bits per heavy atom. The summed E-state index contributed by atoms with van der Waals surface area (Å²) in [6, 6.07) is 58.5. The molecule has 0 radical (unpaired) electrons. The molecule has 11 aromatic rings. The maximum absolute atomic E-state index is 6.33. The molecule has 0 aliphatic heterocycles. The number of hydrogen-bond acceptors (Lipinski definition) is 6. The molecule has 252 valence electrons. The number of thiophene rings is 1. The summed E-state index contributed by atoms with van der Waals surface area (Å²) in [6.45, 7) is 0. The molecular formula is C48H28N4OS. The van der Waals surface area contributed by atoms with Gasteiger partial charge in [0.1, 0.15) is 16.0 Å². The highest BCUT2D eigenvalue weighted by molar-refractivity contribution is 7.25. The first kappa shape index (κ1) is 30.6. The topological polar surface area (TPSA) is 64.7 Å². The number of furan rings is 1. The van der Waals surface area contributed by atoms with Crippen molar-refractivity contribution in [1.82, 2.24) is 19.9 Å². The number of pyridine rings is 1. The molecule has 0 amide bonds. The van der Waals surface area contributed by atoms with Crippen molar-refractivity contribution in [2.24, 2.45) is 0 Å². The first-order valence-corrected chi connectivity index (χ1v) is 18.7. The lowest BCUT2D eigenvalue weighted by Gasteiger charge is -2.11. The van der Waals surface area contributed by atoms with Gasteiger partial charge < -0.3 is 4.42 Å². The number of nitrogens with zero attached hydrogens (tertiary/aromatic N) is 4. The van der Waals surface area contributed by atoms with Crippen molar-refractivity contribution in [1.29, 1.82) is 0 Å². The molecule has 0 fully saturated rings. The molecule has 54 heavy (non-hydrogen) atoms. The third kappa shape index (κ3) is 4.99. The van der Waals surface area contributed by atoms with Crippen LogP contribution in [0.3, 0.4) is 0 Å². The highest BCUT2D eigenvalue weighted by Crippen LogP contribution is 2.41. The minimum absolute atomic E-state index is 0.610. The van der Waals surface area contributed by atoms with Crippen LogP contribution in [0.5, 0.6) is 0 Å². The second-order valence-electron chi connectivity index (χ2n) is 13.4. The average molecular weight is 709 g/mol. The summed E-state index contributed by atoms with van der Waals surface area (Å²) in [6.07, 6.45) is 0. The maximum atomic E-state index is 6.33. The van der Waals surface area contributed by atoms with Gasteiger partial charge in [-0.3, -0.25) is 0 Å². The van der Waals surface area contributed by atoms with Crippen LogP contribution >= 0.6 is 11.3 Å². The van der Waals surface area contributed by atoms with Crippen LogP contribution in [-0.4, -0.2) is 19.9 Å². The van der Waals surface area contributed by atoms with Crippen LogP contribution in [0, 0.1) is 0 Å². The molecule has 11 rings (SSSR count). The second-order valence-corrected chi connectivity index (χ2v) is 14.4. The largest absolute Gasteiger partial charge is 0.455 e. The Balaban J connectivity index is 0.995. The molecule has 0 saturated heterocycles. The van der Waals surface area contributed by atoms with Crippen molar-refractivity contribution >= 4 is 64.4 Å². The van der Waals surface area contributed by atoms with Gasteiger partial charge in [0.05, 0.1) is 5.69 Å². The van der Waals surface area contributed by atoms with Gasteiger partial charge >= 0.3 is 0 Å². The smallest absolute Gasteiger partial charge is 0.164 e. The second kappa shape index (κ2) is 12.3. The summed E-state index contributed by atoms with van der Waals surface area (Å²) in [4.78, 5) is 21.3. The summed E-state index contributed by atoms with van der Waals surface area (Å²) >= 11 is 1.74. The van der Waals surface area contributed by atoms with E-state index in [1.54, 1.807) is 11.3 Å². The summed E-state index contributed by atoms with van der Waals surface area (Å²) < 4.78 is 7.58. The van der Waals surface area contributed by atoms with Crippen LogP contribution in [0.1, 0.15) is 0 Å². The van der Waals surface area contributed by atoms with E-state index in [1.807, 2.05) is 48.5 Å². The zero-order chi connectivity index (χ0) is 35.6. The van der Waals surface area contributed by atoms with Crippen LogP contribution < -0.4 is 0 Å². The van der Waals surface area contributed by atoms with E-state index in [9.17, 15) is 0 Å². The van der Waals surface area contributed by atoms with Crippen molar-refractivity contribution in [3.8, 4) is 56.5 Å². The predicted octanol–water partition coefficient (Wildman–Crippen LogP) is 13.0. The molecule has 0 spiro atoms. The van der Waals surface area contributed by atoms with Crippen LogP contribution in [0.15, 0.2) is 174 Å². The molecule has 0 aliphatic carbocycles. The van der Waals surface area contributed by atoms with E-state index in [0.29, 0.717) is 17.5 Å². The van der Waals surface area contributed by atoms with Gasteiger partial charge in [-0.05, 0) is 23.1 Å². The minimum atomic E-state index is 0.610. The Bertz CT molecular complexity index is 3200. The van der Waals surface area contributed by atoms with Crippen LogP contribution in [-0.2, 0) is 0 Å². The molecule has 0 unspecified atom stereocenters. The Morgan fingerprint density at radius 3 is 1.63 bits per heavy atom. The van der Waals surface area contributed by atoms with E-state index in [0.717, 1.165) is 71.2 Å². The van der Waals surface area contributed by atoms with Gasteiger partial charge in [-0.15, -0.1) is 11.3 Å². The van der Waals surface area contributed by atoms with Crippen LogP contribution in [0.25, 0.3) is 110 Å². The molecule has 7 aromatic carbocycles. The SMILES string of the molecule is c1ccc(-c2nc(-c3ccc(-c4nc5sc6ccccc6c5c5ccccc45)cc3)nc(-c3ccc(-c4cccc5c4oc4ccccc45)cc3)n2)cc1. The van der Waals surface area contributed by atoms with Gasteiger partial charge in [0.15, 0.2) is 17.5 Å². The number of fused-ring (bicyclic) bond motifs is 8. The summed E-state index contributed by atoms with van der Waals surface area (Å²) in [7, 11) is 0. The van der Waals surface area contributed by atoms with E-state index in [-0.39, 0.29) is 0 Å². The van der Waals surface area contributed by atoms with Crippen molar-refractivity contribution < 1.29 is 4.42 Å². The van der Waals surface area contributed by atoms with Gasteiger partial charge in [-0.25, -0.2) is 19.9 Å². The van der Waals surface area contributed by atoms with Crippen LogP contribution in [0.4, 0.5) is 0 Å². The standard InChI is InChI=1S/C48H28N4OS/c1-2-11-31(12-3-1)45-50-46(32-25-21-29(22-26-32)34-17-10-18-38-35-13-6-8-19-40(35)53-44(34)38)52-47(51-45)33-27-23-30(24-28-33)43-37-15-5-4-14-36(37)42-39-16-7-9-20-41(39)54-48(42)49-43/h1-28H. The summed E-state index contributed by atoms with van der Waals surface area (Å²) in [5.74, 6) is 1.84. The lowest BCUT2D eigenvalue weighted by atomic mass is 9.99. The first-order valence-electron chi connectivity index (χ1n) is 17.9. The van der Waals surface area contributed by atoms with Crippen molar-refractivity contribution in [3.05, 3.63) is 170 Å². The zero-order valence-electron chi connectivity index (χ0n) is 28.8. The highest BCUT2D eigenvalue weighted by Gasteiger charge is 2.17. The number of hydrogen-bond donors (Lipinski definition) is 0.